The van der Waals surface area contributed by atoms with Gasteiger partial charge in [0, 0.05) is 25.7 Å². The summed E-state index contributed by atoms with van der Waals surface area (Å²) in [4.78, 5) is 14.6. The summed E-state index contributed by atoms with van der Waals surface area (Å²) >= 11 is 0. The summed E-state index contributed by atoms with van der Waals surface area (Å²) in [6, 6.07) is 5.18. The van der Waals surface area contributed by atoms with Gasteiger partial charge in [-0.1, -0.05) is 12.1 Å². The molecule has 1 aromatic carbocycles. The summed E-state index contributed by atoms with van der Waals surface area (Å²) in [7, 11) is 1.72. The first-order chi connectivity index (χ1) is 11.7. The third-order valence-electron chi connectivity index (χ3n) is 4.36. The largest absolute Gasteiger partial charge is 0.480 e. The molecule has 1 aliphatic heterocycles. The van der Waals surface area contributed by atoms with Gasteiger partial charge in [0.25, 0.3) is 0 Å². The van der Waals surface area contributed by atoms with Gasteiger partial charge in [0.2, 0.25) is 0 Å². The Morgan fingerprint density at radius 1 is 1.40 bits per heavy atom. The van der Waals surface area contributed by atoms with Crippen LogP contribution in [0.3, 0.4) is 0 Å². The highest BCUT2D eigenvalue weighted by molar-refractivity contribution is 5.69. The molecule has 0 amide bonds. The maximum Gasteiger partial charge on any atom is 0.416 e. The molecule has 0 bridgehead atoms. The molecule has 2 rings (SSSR count). The Labute approximate surface area is 145 Å². The second kappa shape index (κ2) is 8.16. The van der Waals surface area contributed by atoms with E-state index < -0.39 is 17.7 Å². The molecular weight excluding hydrogens is 337 g/mol. The maximum atomic E-state index is 12.7. The lowest BCUT2D eigenvalue weighted by atomic mass is 10.0. The predicted octanol–water partition coefficient (Wildman–Crippen LogP) is 2.48. The van der Waals surface area contributed by atoms with Crippen molar-refractivity contribution in [3.05, 3.63) is 35.4 Å². The molecule has 1 aromatic rings. The number of likely N-dealkylation sites (N-methyl/N-ethyl adjacent to an activating group) is 1. The highest BCUT2D eigenvalue weighted by Crippen LogP contribution is 2.31. The van der Waals surface area contributed by atoms with Crippen LogP contribution in [0.4, 0.5) is 13.2 Å². The lowest BCUT2D eigenvalue weighted by molar-refractivity contribution is -0.139. The molecule has 0 aromatic heterocycles. The zero-order valence-corrected chi connectivity index (χ0v) is 14.3. The van der Waals surface area contributed by atoms with Crippen molar-refractivity contribution in [1.29, 1.82) is 0 Å². The summed E-state index contributed by atoms with van der Waals surface area (Å²) in [6.45, 7) is 4.17. The fraction of sp³-hybridized carbons (Fsp3) is 0.588. The minimum absolute atomic E-state index is 0.0431. The lowest BCUT2D eigenvalue weighted by Gasteiger charge is -2.38. The van der Waals surface area contributed by atoms with E-state index in [9.17, 15) is 18.0 Å². The number of hydrogen-bond donors (Lipinski definition) is 1. The molecule has 1 fully saturated rings. The second-order valence-electron chi connectivity index (χ2n) is 6.37. The number of carbonyl (C=O) groups is 1. The molecule has 1 heterocycles. The molecule has 0 radical (unpaired) electrons. The molecule has 2 unspecified atom stereocenters. The van der Waals surface area contributed by atoms with Gasteiger partial charge in [-0.25, -0.2) is 0 Å². The number of nitrogens with zero attached hydrogens (tertiary/aromatic N) is 2. The van der Waals surface area contributed by atoms with E-state index in [0.717, 1.165) is 17.7 Å². The van der Waals surface area contributed by atoms with Crippen molar-refractivity contribution in [3.8, 4) is 0 Å². The van der Waals surface area contributed by atoms with Gasteiger partial charge in [-0.2, -0.15) is 13.2 Å². The average molecular weight is 360 g/mol. The first-order valence-electron chi connectivity index (χ1n) is 8.10. The standard InChI is InChI=1S/C17H23F3N2O3/c1-12(13-3-5-14(6-4-13)17(18,19)20)22-7-8-25-15(10-22)9-21(2)11-16(23)24/h3-6,12,15H,7-11H2,1-2H3,(H,23,24). The van der Waals surface area contributed by atoms with E-state index in [2.05, 4.69) is 4.90 Å². The second-order valence-corrected chi connectivity index (χ2v) is 6.37. The number of benzene rings is 1. The van der Waals surface area contributed by atoms with Gasteiger partial charge in [-0.15, -0.1) is 0 Å². The molecule has 0 saturated carbocycles. The molecule has 1 aliphatic rings. The molecule has 1 N–H and O–H groups in total. The molecule has 0 aliphatic carbocycles. The quantitative estimate of drug-likeness (QED) is 0.845. The van der Waals surface area contributed by atoms with E-state index in [-0.39, 0.29) is 18.7 Å². The van der Waals surface area contributed by atoms with Crippen LogP contribution in [0, 0.1) is 0 Å². The zero-order valence-electron chi connectivity index (χ0n) is 14.3. The number of hydrogen-bond acceptors (Lipinski definition) is 4. The number of morpholine rings is 1. The normalized spacial score (nSPS) is 20.6. The number of ether oxygens (including phenoxy) is 1. The monoisotopic (exact) mass is 360 g/mol. The summed E-state index contributed by atoms with van der Waals surface area (Å²) in [5.41, 5.74) is 0.158. The fourth-order valence-corrected chi connectivity index (χ4v) is 3.01. The number of alkyl halides is 3. The van der Waals surface area contributed by atoms with Gasteiger partial charge in [0.15, 0.2) is 0 Å². The van der Waals surface area contributed by atoms with E-state index in [4.69, 9.17) is 9.84 Å². The van der Waals surface area contributed by atoms with Gasteiger partial charge in [0.1, 0.15) is 0 Å². The van der Waals surface area contributed by atoms with Crippen molar-refractivity contribution < 1.29 is 27.8 Å². The van der Waals surface area contributed by atoms with Crippen LogP contribution in [0.1, 0.15) is 24.1 Å². The van der Waals surface area contributed by atoms with Crippen LogP contribution < -0.4 is 0 Å². The Kier molecular flexibility index (Phi) is 6.42. The van der Waals surface area contributed by atoms with E-state index in [1.807, 2.05) is 6.92 Å². The smallest absolute Gasteiger partial charge is 0.416 e. The van der Waals surface area contributed by atoms with Crippen LogP contribution in [0.5, 0.6) is 0 Å². The van der Waals surface area contributed by atoms with Gasteiger partial charge >= 0.3 is 12.1 Å². The number of aliphatic carboxylic acids is 1. The van der Waals surface area contributed by atoms with Crippen LogP contribution in [0.15, 0.2) is 24.3 Å². The maximum absolute atomic E-state index is 12.7. The summed E-state index contributed by atoms with van der Waals surface area (Å²) < 4.78 is 43.7. The van der Waals surface area contributed by atoms with Crippen LogP contribution in [-0.4, -0.2) is 66.8 Å². The fourth-order valence-electron chi connectivity index (χ4n) is 3.01. The molecule has 8 heteroatoms. The van der Waals surface area contributed by atoms with Gasteiger partial charge in [-0.05, 0) is 31.7 Å². The lowest BCUT2D eigenvalue weighted by Crippen LogP contribution is -2.48. The van der Waals surface area contributed by atoms with Crippen molar-refractivity contribution in [1.82, 2.24) is 9.80 Å². The number of rotatable bonds is 6. The van der Waals surface area contributed by atoms with Crippen LogP contribution >= 0.6 is 0 Å². The van der Waals surface area contributed by atoms with Crippen molar-refractivity contribution >= 4 is 5.97 Å². The summed E-state index contributed by atoms with van der Waals surface area (Å²) in [5.74, 6) is -0.895. The van der Waals surface area contributed by atoms with Gasteiger partial charge in [0.05, 0.1) is 24.8 Å². The summed E-state index contributed by atoms with van der Waals surface area (Å²) in [5, 5.41) is 8.81. The molecule has 0 spiro atoms. The van der Waals surface area contributed by atoms with Gasteiger partial charge in [-0.3, -0.25) is 14.6 Å². The molecule has 5 nitrogen and oxygen atoms in total. The molecular formula is C17H23F3N2O3. The number of halogens is 3. The van der Waals surface area contributed by atoms with E-state index >= 15 is 0 Å². The minimum atomic E-state index is -4.33. The SMILES string of the molecule is CC(c1ccc(C(F)(F)F)cc1)N1CCOC(CN(C)CC(=O)O)C1. The molecule has 2 atom stereocenters. The van der Waals surface area contributed by atoms with Crippen LogP contribution in [0.25, 0.3) is 0 Å². The topological polar surface area (TPSA) is 53.0 Å². The number of carboxylic acids is 1. The van der Waals surface area contributed by atoms with Crippen LogP contribution in [0.2, 0.25) is 0 Å². The molecule has 25 heavy (non-hydrogen) atoms. The minimum Gasteiger partial charge on any atom is -0.480 e. The Morgan fingerprint density at radius 2 is 2.04 bits per heavy atom. The third-order valence-corrected chi connectivity index (χ3v) is 4.36. The first kappa shape index (κ1) is 19.7. The van der Waals surface area contributed by atoms with Crippen molar-refractivity contribution in [2.45, 2.75) is 25.2 Å². The highest BCUT2D eigenvalue weighted by Gasteiger charge is 2.31. The van der Waals surface area contributed by atoms with Crippen LogP contribution in [-0.2, 0) is 15.7 Å². The Morgan fingerprint density at radius 3 is 2.60 bits per heavy atom. The van der Waals surface area contributed by atoms with E-state index in [0.29, 0.717) is 26.2 Å². The zero-order chi connectivity index (χ0) is 18.6. The molecule has 1 saturated heterocycles. The summed E-state index contributed by atoms with van der Waals surface area (Å²) in [6.07, 6.45) is -4.46. The Balaban J connectivity index is 1.97. The van der Waals surface area contributed by atoms with Gasteiger partial charge < -0.3 is 9.84 Å². The van der Waals surface area contributed by atoms with Crippen molar-refractivity contribution in [2.24, 2.45) is 0 Å². The Hall–Kier alpha value is -1.64. The van der Waals surface area contributed by atoms with E-state index in [1.165, 1.54) is 12.1 Å². The Bertz CT molecular complexity index is 577. The third kappa shape index (κ3) is 5.69. The first-order valence-corrected chi connectivity index (χ1v) is 8.10. The number of carboxylic acid groups (broad SMARTS) is 1. The highest BCUT2D eigenvalue weighted by atomic mass is 19.4. The van der Waals surface area contributed by atoms with Crippen molar-refractivity contribution in [3.63, 3.8) is 0 Å². The van der Waals surface area contributed by atoms with E-state index in [1.54, 1.807) is 11.9 Å². The average Bonchev–Trinajstić information content (AvgIpc) is 2.53. The van der Waals surface area contributed by atoms with Crippen molar-refractivity contribution in [2.75, 3.05) is 39.8 Å². The predicted molar refractivity (Wildman–Crippen MR) is 86.3 cm³/mol. The molecule has 140 valence electrons.